The minimum Gasteiger partial charge on any atom is -0.273 e. The first kappa shape index (κ1) is 17.6. The van der Waals surface area contributed by atoms with E-state index in [1.807, 2.05) is 0 Å². The van der Waals surface area contributed by atoms with E-state index in [1.54, 1.807) is 0 Å². The molecule has 6 nitrogen and oxygen atoms in total. The molecule has 0 heterocycles. The van der Waals surface area contributed by atoms with Gasteiger partial charge in [-0.3, -0.25) is 14.8 Å². The smallest absolute Gasteiger partial charge is 0.273 e. The third-order valence-electron chi connectivity index (χ3n) is 2.80. The Morgan fingerprint density at radius 1 is 0.875 bits per heavy atom. The molecule has 0 spiro atoms. The SMILES string of the molecule is O=[N+]([O-])c1ccccc1S(=O)(=O)Nc1c(F)c(F)c(F)c(F)c1F. The second kappa shape index (κ2) is 6.03. The Morgan fingerprint density at radius 3 is 1.83 bits per heavy atom. The average Bonchev–Trinajstić information content (AvgIpc) is 2.55. The van der Waals surface area contributed by atoms with Crippen LogP contribution in [0.4, 0.5) is 33.3 Å². The van der Waals surface area contributed by atoms with Gasteiger partial charge in [-0.05, 0) is 6.07 Å². The van der Waals surface area contributed by atoms with Crippen molar-refractivity contribution < 1.29 is 35.3 Å². The summed E-state index contributed by atoms with van der Waals surface area (Å²) < 4.78 is 91.4. The van der Waals surface area contributed by atoms with Gasteiger partial charge in [-0.2, -0.15) is 0 Å². The molecule has 2 rings (SSSR count). The average molecular weight is 368 g/mol. The number of sulfonamides is 1. The Morgan fingerprint density at radius 2 is 1.33 bits per heavy atom. The predicted octanol–water partition coefficient (Wildman–Crippen LogP) is 3.09. The molecule has 0 aliphatic carbocycles. The number of para-hydroxylation sites is 1. The highest BCUT2D eigenvalue weighted by molar-refractivity contribution is 7.92. The van der Waals surface area contributed by atoms with E-state index >= 15 is 0 Å². The van der Waals surface area contributed by atoms with Gasteiger partial charge in [-0.15, -0.1) is 0 Å². The Hall–Kier alpha value is -2.76. The Bertz CT molecular complexity index is 920. The fourth-order valence-corrected chi connectivity index (χ4v) is 2.95. The molecule has 0 fully saturated rings. The monoisotopic (exact) mass is 368 g/mol. The molecule has 0 atom stereocenters. The first-order chi connectivity index (χ1) is 11.1. The van der Waals surface area contributed by atoms with Crippen molar-refractivity contribution >= 4 is 21.4 Å². The van der Waals surface area contributed by atoms with E-state index in [2.05, 4.69) is 0 Å². The van der Waals surface area contributed by atoms with E-state index < -0.39 is 60.3 Å². The summed E-state index contributed by atoms with van der Waals surface area (Å²) in [6.07, 6.45) is 0. The zero-order valence-electron chi connectivity index (χ0n) is 11.2. The van der Waals surface area contributed by atoms with Crippen molar-refractivity contribution in [1.82, 2.24) is 0 Å². The molecular formula is C12H5F5N2O4S. The van der Waals surface area contributed by atoms with E-state index in [-0.39, 0.29) is 0 Å². The summed E-state index contributed by atoms with van der Waals surface area (Å²) in [5.41, 5.74) is -2.79. The predicted molar refractivity (Wildman–Crippen MR) is 70.1 cm³/mol. The van der Waals surface area contributed by atoms with Crippen LogP contribution in [-0.2, 0) is 10.0 Å². The van der Waals surface area contributed by atoms with E-state index in [0.29, 0.717) is 0 Å². The van der Waals surface area contributed by atoms with Crippen molar-refractivity contribution in [2.24, 2.45) is 0 Å². The Labute approximate surface area is 130 Å². The summed E-state index contributed by atoms with van der Waals surface area (Å²) >= 11 is 0. The molecule has 0 radical (unpaired) electrons. The molecule has 0 aliphatic heterocycles. The molecule has 2 aromatic rings. The van der Waals surface area contributed by atoms with Crippen LogP contribution < -0.4 is 4.72 Å². The van der Waals surface area contributed by atoms with Crippen LogP contribution in [0.2, 0.25) is 0 Å². The second-order valence-electron chi connectivity index (χ2n) is 4.28. The van der Waals surface area contributed by atoms with Crippen molar-refractivity contribution in [3.05, 3.63) is 63.5 Å². The molecule has 128 valence electrons. The lowest BCUT2D eigenvalue weighted by Crippen LogP contribution is -2.18. The number of halogens is 5. The third-order valence-corrected chi connectivity index (χ3v) is 4.19. The highest BCUT2D eigenvalue weighted by Gasteiger charge is 2.31. The van der Waals surface area contributed by atoms with Crippen LogP contribution in [0.25, 0.3) is 0 Å². The highest BCUT2D eigenvalue weighted by Crippen LogP contribution is 2.31. The molecule has 2 aromatic carbocycles. The van der Waals surface area contributed by atoms with Crippen molar-refractivity contribution in [3.8, 4) is 0 Å². The maximum absolute atomic E-state index is 13.5. The summed E-state index contributed by atoms with van der Waals surface area (Å²) in [6.45, 7) is 0. The number of nitrogens with one attached hydrogen (secondary N) is 1. The summed E-state index contributed by atoms with van der Waals surface area (Å²) in [7, 11) is -5.01. The number of nitro benzene ring substituents is 1. The number of hydrogen-bond donors (Lipinski definition) is 1. The molecular weight excluding hydrogens is 363 g/mol. The van der Waals surface area contributed by atoms with E-state index in [9.17, 15) is 40.5 Å². The summed E-state index contributed by atoms with van der Waals surface area (Å²) in [6, 6.07) is 3.70. The van der Waals surface area contributed by atoms with E-state index in [4.69, 9.17) is 0 Å². The van der Waals surface area contributed by atoms with Crippen molar-refractivity contribution in [2.45, 2.75) is 4.90 Å². The van der Waals surface area contributed by atoms with Crippen molar-refractivity contribution in [2.75, 3.05) is 4.72 Å². The number of benzene rings is 2. The van der Waals surface area contributed by atoms with Gasteiger partial charge in [0.2, 0.25) is 5.82 Å². The van der Waals surface area contributed by atoms with Crippen LogP contribution in [0, 0.1) is 39.2 Å². The maximum atomic E-state index is 13.5. The van der Waals surface area contributed by atoms with Gasteiger partial charge in [0.15, 0.2) is 28.2 Å². The second-order valence-corrected chi connectivity index (χ2v) is 5.93. The minimum absolute atomic E-state index is 0.729. The molecule has 0 unspecified atom stereocenters. The number of nitrogens with zero attached hydrogens (tertiary/aromatic N) is 1. The molecule has 12 heteroatoms. The standard InChI is InChI=1S/C12H5F5N2O4S/c13-7-8(14)10(16)12(11(17)9(7)15)18-24(22,23)6-4-2-1-3-5(6)19(20)21/h1-4,18H. The van der Waals surface area contributed by atoms with Gasteiger partial charge in [0, 0.05) is 6.07 Å². The molecule has 0 amide bonds. The van der Waals surface area contributed by atoms with Crippen LogP contribution in [-0.4, -0.2) is 13.3 Å². The van der Waals surface area contributed by atoms with Crippen molar-refractivity contribution in [1.29, 1.82) is 0 Å². The van der Waals surface area contributed by atoms with Crippen molar-refractivity contribution in [3.63, 3.8) is 0 Å². The van der Waals surface area contributed by atoms with Crippen LogP contribution in [0.15, 0.2) is 29.2 Å². The first-order valence-corrected chi connectivity index (χ1v) is 7.34. The summed E-state index contributed by atoms with van der Waals surface area (Å²) in [5, 5.41) is 10.8. The lowest BCUT2D eigenvalue weighted by Gasteiger charge is -2.11. The van der Waals surface area contributed by atoms with Gasteiger partial charge in [-0.1, -0.05) is 12.1 Å². The van der Waals surface area contributed by atoms with Crippen LogP contribution in [0.1, 0.15) is 0 Å². The van der Waals surface area contributed by atoms with Crippen LogP contribution in [0.3, 0.4) is 0 Å². The highest BCUT2D eigenvalue weighted by atomic mass is 32.2. The summed E-state index contributed by atoms with van der Waals surface area (Å²) in [4.78, 5) is 8.70. The lowest BCUT2D eigenvalue weighted by atomic mass is 10.2. The molecule has 1 N–H and O–H groups in total. The number of hydrogen-bond acceptors (Lipinski definition) is 4. The van der Waals surface area contributed by atoms with Crippen LogP contribution in [0.5, 0.6) is 0 Å². The number of rotatable bonds is 4. The van der Waals surface area contributed by atoms with Gasteiger partial charge >= 0.3 is 0 Å². The fraction of sp³-hybridized carbons (Fsp3) is 0. The lowest BCUT2D eigenvalue weighted by molar-refractivity contribution is -0.387. The number of nitro groups is 1. The molecule has 0 bridgehead atoms. The fourth-order valence-electron chi connectivity index (χ4n) is 1.72. The van der Waals surface area contributed by atoms with Gasteiger partial charge in [0.1, 0.15) is 5.69 Å². The minimum atomic E-state index is -5.01. The molecule has 0 aromatic heterocycles. The first-order valence-electron chi connectivity index (χ1n) is 5.85. The molecule has 24 heavy (non-hydrogen) atoms. The van der Waals surface area contributed by atoms with E-state index in [0.717, 1.165) is 29.0 Å². The normalized spacial score (nSPS) is 11.4. The quantitative estimate of drug-likeness (QED) is 0.295. The van der Waals surface area contributed by atoms with Gasteiger partial charge < -0.3 is 0 Å². The summed E-state index contributed by atoms with van der Waals surface area (Å²) in [5.74, 6) is -12.1. The molecule has 0 aliphatic rings. The maximum Gasteiger partial charge on any atom is 0.289 e. The largest absolute Gasteiger partial charge is 0.289 e. The van der Waals surface area contributed by atoms with E-state index in [1.165, 1.54) is 0 Å². The third kappa shape index (κ3) is 2.87. The Balaban J connectivity index is 2.63. The topological polar surface area (TPSA) is 89.3 Å². The molecule has 0 saturated carbocycles. The van der Waals surface area contributed by atoms with Gasteiger partial charge in [0.25, 0.3) is 15.7 Å². The Kier molecular flexibility index (Phi) is 4.42. The molecule has 0 saturated heterocycles. The number of anilines is 1. The van der Waals surface area contributed by atoms with Gasteiger partial charge in [-0.25, -0.2) is 30.4 Å². The van der Waals surface area contributed by atoms with Gasteiger partial charge in [0.05, 0.1) is 4.92 Å². The zero-order valence-corrected chi connectivity index (χ0v) is 12.0. The zero-order chi connectivity index (χ0) is 18.2. The van der Waals surface area contributed by atoms with Crippen LogP contribution >= 0.6 is 0 Å².